The number of hydrogen-bond acceptors (Lipinski definition) is 5. The average Bonchev–Trinajstić information content (AvgIpc) is 2.61. The van der Waals surface area contributed by atoms with Crippen molar-refractivity contribution in [3.05, 3.63) is 54.6 Å². The number of Topliss-reactive ketones (excluding diaryl/α,β-unsaturated/α-hetero) is 1. The quantitative estimate of drug-likeness (QED) is 0.745. The molecule has 130 valence electrons. The summed E-state index contributed by atoms with van der Waals surface area (Å²) in [5.74, 6) is -0.0577. The molecular formula is C19H19NO5. The summed E-state index contributed by atoms with van der Waals surface area (Å²) in [5, 5.41) is 2.64. The van der Waals surface area contributed by atoms with Crippen LogP contribution in [-0.4, -0.2) is 24.3 Å². The second kappa shape index (κ2) is 9.22. The number of carbonyl (C=O) groups is 3. The van der Waals surface area contributed by atoms with Gasteiger partial charge in [-0.05, 0) is 31.2 Å². The van der Waals surface area contributed by atoms with Crippen molar-refractivity contribution in [3.63, 3.8) is 0 Å². The molecule has 0 unspecified atom stereocenters. The highest BCUT2D eigenvalue weighted by Gasteiger charge is 2.11. The Morgan fingerprint density at radius 1 is 0.920 bits per heavy atom. The molecule has 0 heterocycles. The molecule has 0 saturated carbocycles. The number of hydrogen-bond donors (Lipinski definition) is 1. The third kappa shape index (κ3) is 6.47. The molecule has 2 rings (SSSR count). The van der Waals surface area contributed by atoms with Crippen LogP contribution in [0.2, 0.25) is 0 Å². The Morgan fingerprint density at radius 3 is 2.32 bits per heavy atom. The van der Waals surface area contributed by atoms with Crippen molar-refractivity contribution in [1.82, 2.24) is 0 Å². The van der Waals surface area contributed by atoms with Crippen LogP contribution in [0.4, 0.5) is 5.69 Å². The van der Waals surface area contributed by atoms with Crippen molar-refractivity contribution >= 4 is 23.3 Å². The van der Waals surface area contributed by atoms with Gasteiger partial charge in [0.1, 0.15) is 11.5 Å². The maximum Gasteiger partial charge on any atom is 0.306 e. The lowest BCUT2D eigenvalue weighted by atomic mass is 10.2. The van der Waals surface area contributed by atoms with Gasteiger partial charge in [0.2, 0.25) is 0 Å². The van der Waals surface area contributed by atoms with Crippen molar-refractivity contribution in [1.29, 1.82) is 0 Å². The molecule has 25 heavy (non-hydrogen) atoms. The van der Waals surface area contributed by atoms with Gasteiger partial charge in [-0.1, -0.05) is 30.3 Å². The van der Waals surface area contributed by atoms with E-state index in [-0.39, 0.29) is 18.6 Å². The fraction of sp³-hybridized carbons (Fsp3) is 0.211. The number of nitrogens with one attached hydrogen (secondary N) is 1. The molecule has 1 amide bonds. The number of esters is 1. The first-order valence-corrected chi connectivity index (χ1v) is 7.81. The Morgan fingerprint density at radius 2 is 1.60 bits per heavy atom. The van der Waals surface area contributed by atoms with Crippen LogP contribution in [0.3, 0.4) is 0 Å². The summed E-state index contributed by atoms with van der Waals surface area (Å²) in [6.45, 7) is 0.972. The Labute approximate surface area is 145 Å². The van der Waals surface area contributed by atoms with Crippen molar-refractivity contribution in [3.8, 4) is 11.5 Å². The number of benzene rings is 2. The lowest BCUT2D eigenvalue weighted by Crippen LogP contribution is -2.21. The summed E-state index contributed by atoms with van der Waals surface area (Å²) in [7, 11) is 0. The topological polar surface area (TPSA) is 81.7 Å². The van der Waals surface area contributed by atoms with Crippen LogP contribution in [0, 0.1) is 0 Å². The standard InChI is InChI=1S/C19H19NO5/c1-14(21)11-12-19(23)24-13-18(22)20-16-9-5-6-10-17(16)25-15-7-3-2-4-8-15/h2-10H,11-13H2,1H3,(H,20,22). The van der Waals surface area contributed by atoms with Crippen molar-refractivity contribution in [2.45, 2.75) is 19.8 Å². The van der Waals surface area contributed by atoms with Gasteiger partial charge < -0.3 is 19.6 Å². The Kier molecular flexibility index (Phi) is 6.71. The summed E-state index contributed by atoms with van der Waals surface area (Å²) in [6, 6.07) is 16.1. The molecule has 0 aliphatic heterocycles. The third-order valence-corrected chi connectivity index (χ3v) is 3.18. The van der Waals surface area contributed by atoms with Gasteiger partial charge in [-0.25, -0.2) is 0 Å². The predicted octanol–water partition coefficient (Wildman–Crippen LogP) is 3.33. The normalized spacial score (nSPS) is 9.96. The van der Waals surface area contributed by atoms with Crippen LogP contribution < -0.4 is 10.1 Å². The molecule has 0 spiro atoms. The Balaban J connectivity index is 1.90. The minimum atomic E-state index is -0.584. The fourth-order valence-electron chi connectivity index (χ4n) is 1.96. The van der Waals surface area contributed by atoms with Crippen LogP contribution in [-0.2, 0) is 19.1 Å². The molecule has 2 aromatic carbocycles. The van der Waals surface area contributed by atoms with Crippen LogP contribution in [0.1, 0.15) is 19.8 Å². The van der Waals surface area contributed by atoms with E-state index < -0.39 is 18.5 Å². The van der Waals surface area contributed by atoms with Crippen molar-refractivity contribution in [2.75, 3.05) is 11.9 Å². The van der Waals surface area contributed by atoms with E-state index in [0.29, 0.717) is 17.2 Å². The zero-order valence-corrected chi connectivity index (χ0v) is 13.9. The molecule has 0 fully saturated rings. The molecule has 0 atom stereocenters. The molecule has 0 radical (unpaired) electrons. The smallest absolute Gasteiger partial charge is 0.306 e. The number of ether oxygens (including phenoxy) is 2. The van der Waals surface area contributed by atoms with E-state index in [1.54, 1.807) is 36.4 Å². The van der Waals surface area contributed by atoms with Gasteiger partial charge in [-0.2, -0.15) is 0 Å². The molecule has 0 saturated heterocycles. The summed E-state index contributed by atoms with van der Waals surface area (Å²) in [5.41, 5.74) is 0.469. The summed E-state index contributed by atoms with van der Waals surface area (Å²) in [4.78, 5) is 34.2. The van der Waals surface area contributed by atoms with Gasteiger partial charge in [-0.15, -0.1) is 0 Å². The van der Waals surface area contributed by atoms with E-state index in [2.05, 4.69) is 5.32 Å². The molecule has 6 heteroatoms. The van der Waals surface area contributed by atoms with Gasteiger partial charge in [-0.3, -0.25) is 9.59 Å². The summed E-state index contributed by atoms with van der Waals surface area (Å²) >= 11 is 0. The highest BCUT2D eigenvalue weighted by Crippen LogP contribution is 2.28. The van der Waals surface area contributed by atoms with Crippen molar-refractivity contribution in [2.24, 2.45) is 0 Å². The van der Waals surface area contributed by atoms with Gasteiger partial charge in [0.15, 0.2) is 12.4 Å². The Bertz CT molecular complexity index is 742. The summed E-state index contributed by atoms with van der Waals surface area (Å²) in [6.07, 6.45) is 0.0739. The third-order valence-electron chi connectivity index (χ3n) is 3.18. The molecule has 0 aliphatic rings. The van der Waals surface area contributed by atoms with E-state index in [0.717, 1.165) is 0 Å². The van der Waals surface area contributed by atoms with Crippen LogP contribution in [0.25, 0.3) is 0 Å². The van der Waals surface area contributed by atoms with Crippen LogP contribution in [0.15, 0.2) is 54.6 Å². The molecular weight excluding hydrogens is 322 g/mol. The highest BCUT2D eigenvalue weighted by molar-refractivity contribution is 5.94. The Hall–Kier alpha value is -3.15. The largest absolute Gasteiger partial charge is 0.456 e. The van der Waals surface area contributed by atoms with E-state index in [1.165, 1.54) is 6.92 Å². The second-order valence-electron chi connectivity index (χ2n) is 5.32. The zero-order valence-electron chi connectivity index (χ0n) is 13.9. The number of carbonyl (C=O) groups excluding carboxylic acids is 3. The van der Waals surface area contributed by atoms with Gasteiger partial charge >= 0.3 is 5.97 Å². The lowest BCUT2D eigenvalue weighted by molar-refractivity contribution is -0.148. The van der Waals surface area contributed by atoms with E-state index >= 15 is 0 Å². The maximum absolute atomic E-state index is 11.9. The van der Waals surface area contributed by atoms with Crippen LogP contribution >= 0.6 is 0 Å². The number of para-hydroxylation sites is 3. The van der Waals surface area contributed by atoms with Gasteiger partial charge in [0.05, 0.1) is 12.1 Å². The maximum atomic E-state index is 11.9. The molecule has 2 aromatic rings. The van der Waals surface area contributed by atoms with E-state index in [9.17, 15) is 14.4 Å². The molecule has 0 aromatic heterocycles. The minimum absolute atomic E-state index is 0.0314. The first-order valence-electron chi connectivity index (χ1n) is 7.81. The monoisotopic (exact) mass is 341 g/mol. The minimum Gasteiger partial charge on any atom is -0.456 e. The van der Waals surface area contributed by atoms with Gasteiger partial charge in [0.25, 0.3) is 5.91 Å². The fourth-order valence-corrected chi connectivity index (χ4v) is 1.96. The molecule has 6 nitrogen and oxygen atoms in total. The van der Waals surface area contributed by atoms with Crippen molar-refractivity contribution < 1.29 is 23.9 Å². The number of amides is 1. The molecule has 0 bridgehead atoms. The number of anilines is 1. The van der Waals surface area contributed by atoms with E-state index in [1.807, 2.05) is 18.2 Å². The first-order chi connectivity index (χ1) is 12.0. The summed E-state index contributed by atoms with van der Waals surface area (Å²) < 4.78 is 10.6. The first kappa shape index (κ1) is 18.2. The highest BCUT2D eigenvalue weighted by atomic mass is 16.5. The molecule has 1 N–H and O–H groups in total. The molecule has 0 aliphatic carbocycles. The average molecular weight is 341 g/mol. The number of rotatable bonds is 8. The van der Waals surface area contributed by atoms with E-state index in [4.69, 9.17) is 9.47 Å². The zero-order chi connectivity index (χ0) is 18.1. The number of ketones is 1. The predicted molar refractivity (Wildman–Crippen MR) is 92.5 cm³/mol. The van der Waals surface area contributed by atoms with Gasteiger partial charge in [0, 0.05) is 6.42 Å². The second-order valence-corrected chi connectivity index (χ2v) is 5.32. The van der Waals surface area contributed by atoms with Crippen LogP contribution in [0.5, 0.6) is 11.5 Å². The lowest BCUT2D eigenvalue weighted by Gasteiger charge is -2.12. The SMILES string of the molecule is CC(=O)CCC(=O)OCC(=O)Nc1ccccc1Oc1ccccc1.